The zero-order valence-electron chi connectivity index (χ0n) is 10.1. The molecule has 3 rings (SSSR count). The van der Waals surface area contributed by atoms with Crippen molar-refractivity contribution in [2.45, 2.75) is 18.8 Å². The second-order valence-corrected chi connectivity index (χ2v) is 5.13. The maximum Gasteiger partial charge on any atom is 0.285 e. The molecule has 1 N–H and O–H groups in total. The van der Waals surface area contributed by atoms with E-state index in [-0.39, 0.29) is 5.91 Å². The molecular weight excluding hydrogens is 260 g/mol. The van der Waals surface area contributed by atoms with Crippen molar-refractivity contribution in [1.82, 2.24) is 15.0 Å². The molecule has 1 aromatic carbocycles. The molecule has 0 aliphatic heterocycles. The van der Waals surface area contributed by atoms with Crippen LogP contribution in [0.25, 0.3) is 0 Å². The van der Waals surface area contributed by atoms with E-state index < -0.39 is 0 Å². The first-order valence-corrected chi connectivity index (χ1v) is 6.82. The number of hydrogen-bond acceptors (Lipinski definition) is 5. The summed E-state index contributed by atoms with van der Waals surface area (Å²) in [6.45, 7) is 0. The Labute approximate surface area is 114 Å². The smallest absolute Gasteiger partial charge is 0.266 e. The molecule has 6 heteroatoms. The molecule has 1 fully saturated rings. The van der Waals surface area contributed by atoms with Crippen molar-refractivity contribution < 1.29 is 4.79 Å². The van der Waals surface area contributed by atoms with Gasteiger partial charge in [-0.15, -0.1) is 5.10 Å². The minimum atomic E-state index is -0.232. The summed E-state index contributed by atoms with van der Waals surface area (Å²) in [4.78, 5) is 12.5. The van der Waals surface area contributed by atoms with Crippen LogP contribution in [0.5, 0.6) is 0 Å². The van der Waals surface area contributed by atoms with Gasteiger partial charge < -0.3 is 0 Å². The molecule has 1 heterocycles. The first kappa shape index (κ1) is 12.0. The number of hydrazone groups is 1. The molecule has 5 nitrogen and oxygen atoms in total. The normalized spacial score (nSPS) is 14.7. The van der Waals surface area contributed by atoms with Gasteiger partial charge in [0.05, 0.1) is 11.9 Å². The highest BCUT2D eigenvalue weighted by atomic mass is 32.1. The number of amides is 1. The van der Waals surface area contributed by atoms with Crippen molar-refractivity contribution in [3.05, 3.63) is 46.5 Å². The number of hydrogen-bond donors (Lipinski definition) is 1. The van der Waals surface area contributed by atoms with Crippen molar-refractivity contribution >= 4 is 23.7 Å². The first-order valence-electron chi connectivity index (χ1n) is 6.05. The van der Waals surface area contributed by atoms with E-state index in [1.54, 1.807) is 6.21 Å². The Morgan fingerprint density at radius 1 is 1.37 bits per heavy atom. The van der Waals surface area contributed by atoms with Crippen LogP contribution in [-0.2, 0) is 0 Å². The topological polar surface area (TPSA) is 67.2 Å². The van der Waals surface area contributed by atoms with Crippen LogP contribution in [0.2, 0.25) is 0 Å². The monoisotopic (exact) mass is 272 g/mol. The van der Waals surface area contributed by atoms with E-state index in [1.807, 2.05) is 30.3 Å². The average Bonchev–Trinajstić information content (AvgIpc) is 3.17. The van der Waals surface area contributed by atoms with Crippen LogP contribution in [0.1, 0.15) is 39.7 Å². The number of carbonyl (C=O) groups excluding carboxylic acids is 1. The van der Waals surface area contributed by atoms with E-state index in [0.29, 0.717) is 10.8 Å². The van der Waals surface area contributed by atoms with Crippen LogP contribution in [0.4, 0.5) is 0 Å². The lowest BCUT2D eigenvalue weighted by Crippen LogP contribution is -2.17. The molecule has 0 radical (unpaired) electrons. The highest BCUT2D eigenvalue weighted by Gasteiger charge is 2.31. The van der Waals surface area contributed by atoms with Crippen LogP contribution in [-0.4, -0.2) is 21.7 Å². The predicted molar refractivity (Wildman–Crippen MR) is 73.4 cm³/mol. The highest BCUT2D eigenvalue weighted by Crippen LogP contribution is 2.41. The van der Waals surface area contributed by atoms with Crippen LogP contribution < -0.4 is 5.43 Å². The van der Waals surface area contributed by atoms with Crippen LogP contribution >= 0.6 is 11.5 Å². The van der Waals surface area contributed by atoms with Gasteiger partial charge in [-0.3, -0.25) is 4.79 Å². The molecular formula is C13H12N4OS. The maximum absolute atomic E-state index is 12.0. The molecule has 1 aromatic heterocycles. The Morgan fingerprint density at radius 2 is 2.16 bits per heavy atom. The average molecular weight is 272 g/mol. The fraction of sp³-hybridized carbons (Fsp3) is 0.231. The number of carbonyl (C=O) groups is 1. The lowest BCUT2D eigenvalue weighted by atomic mass is 10.2. The van der Waals surface area contributed by atoms with Crippen molar-refractivity contribution in [1.29, 1.82) is 0 Å². The summed E-state index contributed by atoms with van der Waals surface area (Å²) in [5.41, 5.74) is 4.27. The summed E-state index contributed by atoms with van der Waals surface area (Å²) < 4.78 is 3.85. The molecule has 19 heavy (non-hydrogen) atoms. The molecule has 2 aromatic rings. The minimum absolute atomic E-state index is 0.232. The Kier molecular flexibility index (Phi) is 3.33. The van der Waals surface area contributed by atoms with Crippen molar-refractivity contribution in [2.75, 3.05) is 0 Å². The molecule has 0 bridgehead atoms. The fourth-order valence-electron chi connectivity index (χ4n) is 1.73. The summed E-state index contributed by atoms with van der Waals surface area (Å²) in [6, 6.07) is 9.60. The fourth-order valence-corrected chi connectivity index (χ4v) is 2.37. The van der Waals surface area contributed by atoms with Crippen LogP contribution in [0, 0.1) is 0 Å². The molecule has 0 atom stereocenters. The Bertz CT molecular complexity index is 604. The number of benzene rings is 1. The molecule has 1 aliphatic carbocycles. The molecule has 0 saturated heterocycles. The molecule has 1 aliphatic rings. The van der Waals surface area contributed by atoms with E-state index in [9.17, 15) is 4.79 Å². The van der Waals surface area contributed by atoms with E-state index in [1.165, 1.54) is 0 Å². The highest BCUT2D eigenvalue weighted by molar-refractivity contribution is 7.08. The largest absolute Gasteiger partial charge is 0.285 e. The Morgan fingerprint density at radius 3 is 2.89 bits per heavy atom. The summed E-state index contributed by atoms with van der Waals surface area (Å²) >= 11 is 1.13. The van der Waals surface area contributed by atoms with Gasteiger partial charge in [0.15, 0.2) is 0 Å². The van der Waals surface area contributed by atoms with E-state index in [4.69, 9.17) is 0 Å². The van der Waals surface area contributed by atoms with Crippen LogP contribution in [0.15, 0.2) is 35.4 Å². The Hall–Kier alpha value is -2.08. The number of nitrogens with one attached hydrogen (secondary N) is 1. The third-order valence-corrected chi connectivity index (χ3v) is 3.60. The summed E-state index contributed by atoms with van der Waals surface area (Å²) in [6.07, 6.45) is 3.81. The van der Waals surface area contributed by atoms with Crippen LogP contribution in [0.3, 0.4) is 0 Å². The van der Waals surface area contributed by atoms with Gasteiger partial charge >= 0.3 is 0 Å². The van der Waals surface area contributed by atoms with Gasteiger partial charge in [-0.1, -0.05) is 34.8 Å². The van der Waals surface area contributed by atoms with Gasteiger partial charge in [-0.25, -0.2) is 5.43 Å². The van der Waals surface area contributed by atoms with Gasteiger partial charge in [-0.05, 0) is 29.9 Å². The van der Waals surface area contributed by atoms with Gasteiger partial charge in [0.1, 0.15) is 4.88 Å². The number of rotatable bonds is 4. The lowest BCUT2D eigenvalue weighted by Gasteiger charge is -1.98. The third kappa shape index (κ3) is 2.85. The number of nitrogens with zero attached hydrogens (tertiary/aromatic N) is 3. The van der Waals surface area contributed by atoms with Crippen molar-refractivity contribution in [3.8, 4) is 0 Å². The summed E-state index contributed by atoms with van der Waals surface area (Å²) in [5, 5.41) is 7.97. The molecule has 0 unspecified atom stereocenters. The SMILES string of the molecule is O=C(N/N=C\c1ccccc1)c1snnc1C1CC1. The zero-order valence-corrected chi connectivity index (χ0v) is 10.9. The number of aromatic nitrogens is 2. The van der Waals surface area contributed by atoms with E-state index >= 15 is 0 Å². The second kappa shape index (κ2) is 5.27. The zero-order chi connectivity index (χ0) is 13.1. The van der Waals surface area contributed by atoms with Gasteiger partial charge in [0.2, 0.25) is 0 Å². The van der Waals surface area contributed by atoms with Crippen molar-refractivity contribution in [2.24, 2.45) is 5.10 Å². The van der Waals surface area contributed by atoms with E-state index in [2.05, 4.69) is 20.1 Å². The van der Waals surface area contributed by atoms with E-state index in [0.717, 1.165) is 35.6 Å². The molecule has 1 amide bonds. The molecule has 96 valence electrons. The summed E-state index contributed by atoms with van der Waals surface area (Å²) in [7, 11) is 0. The predicted octanol–water partition coefficient (Wildman–Crippen LogP) is 2.18. The standard InChI is InChI=1S/C13H12N4OS/c18-13(12-11(10-6-7-10)15-17-19-12)16-14-8-9-4-2-1-3-5-9/h1-5,8,10H,6-7H2,(H,16,18)/b14-8-. The quantitative estimate of drug-likeness (QED) is 0.685. The molecule has 0 spiro atoms. The third-order valence-electron chi connectivity index (χ3n) is 2.86. The van der Waals surface area contributed by atoms with Crippen molar-refractivity contribution in [3.63, 3.8) is 0 Å². The summed E-state index contributed by atoms with van der Waals surface area (Å²) in [5.74, 6) is 0.182. The van der Waals surface area contributed by atoms with Gasteiger partial charge in [0, 0.05) is 5.92 Å². The maximum atomic E-state index is 12.0. The Balaban J connectivity index is 1.65. The van der Waals surface area contributed by atoms with Gasteiger partial charge in [0.25, 0.3) is 5.91 Å². The second-order valence-electron chi connectivity index (χ2n) is 4.37. The van der Waals surface area contributed by atoms with Gasteiger partial charge in [-0.2, -0.15) is 5.10 Å². The lowest BCUT2D eigenvalue weighted by molar-refractivity contribution is 0.0958. The molecule has 1 saturated carbocycles. The first-order chi connectivity index (χ1) is 9.34. The minimum Gasteiger partial charge on any atom is -0.266 e.